The van der Waals surface area contributed by atoms with Gasteiger partial charge in [0.05, 0.1) is 19.1 Å². The van der Waals surface area contributed by atoms with Crippen LogP contribution in [0.1, 0.15) is 33.6 Å². The maximum Gasteiger partial charge on any atom is 0.229 e. The SMILES string of the molecule is CCNC1COCC1C(=O)N(CC1CC1)C(C)C. The van der Waals surface area contributed by atoms with E-state index < -0.39 is 0 Å². The second-order valence-electron chi connectivity index (χ2n) is 5.84. The van der Waals surface area contributed by atoms with E-state index in [2.05, 4.69) is 31.0 Å². The van der Waals surface area contributed by atoms with Crippen molar-refractivity contribution in [3.63, 3.8) is 0 Å². The maximum atomic E-state index is 12.6. The third-order valence-corrected chi connectivity index (χ3v) is 3.92. The molecule has 0 radical (unpaired) electrons. The van der Waals surface area contributed by atoms with Gasteiger partial charge < -0.3 is 15.0 Å². The molecule has 104 valence electrons. The number of hydrogen-bond donors (Lipinski definition) is 1. The molecule has 1 aliphatic carbocycles. The minimum absolute atomic E-state index is 0.00565. The smallest absolute Gasteiger partial charge is 0.229 e. The molecule has 1 aliphatic heterocycles. The molecule has 0 aromatic rings. The zero-order valence-electron chi connectivity index (χ0n) is 11.8. The Hall–Kier alpha value is -0.610. The average molecular weight is 254 g/mol. The predicted octanol–water partition coefficient (Wildman–Crippen LogP) is 1.26. The molecule has 2 unspecified atom stereocenters. The Kier molecular flexibility index (Phi) is 4.62. The van der Waals surface area contributed by atoms with Gasteiger partial charge in [0.25, 0.3) is 0 Å². The van der Waals surface area contributed by atoms with Crippen LogP contribution < -0.4 is 5.32 Å². The van der Waals surface area contributed by atoms with Gasteiger partial charge in [0.15, 0.2) is 0 Å². The number of ether oxygens (including phenoxy) is 1. The molecule has 0 aromatic heterocycles. The fraction of sp³-hybridized carbons (Fsp3) is 0.929. The van der Waals surface area contributed by atoms with Crippen LogP contribution in [0.5, 0.6) is 0 Å². The molecule has 0 aromatic carbocycles. The van der Waals surface area contributed by atoms with Gasteiger partial charge >= 0.3 is 0 Å². The minimum Gasteiger partial charge on any atom is -0.379 e. The summed E-state index contributed by atoms with van der Waals surface area (Å²) in [6, 6.07) is 0.490. The normalized spacial score (nSPS) is 27.8. The van der Waals surface area contributed by atoms with Crippen molar-refractivity contribution in [2.45, 2.75) is 45.7 Å². The van der Waals surface area contributed by atoms with Gasteiger partial charge in [0, 0.05) is 18.6 Å². The number of carbonyl (C=O) groups is 1. The zero-order chi connectivity index (χ0) is 13.1. The molecule has 4 heteroatoms. The van der Waals surface area contributed by atoms with E-state index in [-0.39, 0.29) is 17.9 Å². The Bertz CT molecular complexity index is 290. The van der Waals surface area contributed by atoms with Crippen molar-refractivity contribution in [1.82, 2.24) is 10.2 Å². The van der Waals surface area contributed by atoms with E-state index in [0.717, 1.165) is 19.0 Å². The first-order chi connectivity index (χ1) is 8.63. The highest BCUT2D eigenvalue weighted by atomic mass is 16.5. The summed E-state index contributed by atoms with van der Waals surface area (Å²) >= 11 is 0. The molecule has 2 rings (SSSR count). The van der Waals surface area contributed by atoms with Gasteiger partial charge in [-0.05, 0) is 39.2 Å². The van der Waals surface area contributed by atoms with E-state index in [9.17, 15) is 4.79 Å². The van der Waals surface area contributed by atoms with Crippen molar-refractivity contribution in [3.8, 4) is 0 Å². The van der Waals surface area contributed by atoms with E-state index in [1.54, 1.807) is 0 Å². The number of nitrogens with one attached hydrogen (secondary N) is 1. The largest absolute Gasteiger partial charge is 0.379 e. The molecule has 1 saturated heterocycles. The average Bonchev–Trinajstić information content (AvgIpc) is 3.04. The molecular weight excluding hydrogens is 228 g/mol. The third kappa shape index (κ3) is 3.23. The van der Waals surface area contributed by atoms with Gasteiger partial charge in [0.2, 0.25) is 5.91 Å². The molecule has 18 heavy (non-hydrogen) atoms. The fourth-order valence-electron chi connectivity index (χ4n) is 2.61. The van der Waals surface area contributed by atoms with Crippen molar-refractivity contribution in [2.75, 3.05) is 26.3 Å². The maximum absolute atomic E-state index is 12.6. The summed E-state index contributed by atoms with van der Waals surface area (Å²) in [6.45, 7) is 9.36. The van der Waals surface area contributed by atoms with E-state index >= 15 is 0 Å². The van der Waals surface area contributed by atoms with Gasteiger partial charge in [-0.25, -0.2) is 0 Å². The lowest BCUT2D eigenvalue weighted by atomic mass is 10.0. The van der Waals surface area contributed by atoms with Crippen LogP contribution in [-0.4, -0.2) is 49.2 Å². The summed E-state index contributed by atoms with van der Waals surface area (Å²) in [4.78, 5) is 14.7. The van der Waals surface area contributed by atoms with Crippen LogP contribution >= 0.6 is 0 Å². The molecule has 1 saturated carbocycles. The highest BCUT2D eigenvalue weighted by Gasteiger charge is 2.38. The van der Waals surface area contributed by atoms with Crippen molar-refractivity contribution in [2.24, 2.45) is 11.8 Å². The van der Waals surface area contributed by atoms with Gasteiger partial charge in [0.1, 0.15) is 0 Å². The first-order valence-corrected chi connectivity index (χ1v) is 7.25. The molecule has 0 bridgehead atoms. The summed E-state index contributed by atoms with van der Waals surface area (Å²) in [6.07, 6.45) is 2.57. The van der Waals surface area contributed by atoms with Crippen LogP contribution in [0.25, 0.3) is 0 Å². The summed E-state index contributed by atoms with van der Waals surface area (Å²) in [5.74, 6) is 1.03. The highest BCUT2D eigenvalue weighted by molar-refractivity contribution is 5.80. The van der Waals surface area contributed by atoms with Crippen molar-refractivity contribution >= 4 is 5.91 Å². The number of nitrogens with zero attached hydrogens (tertiary/aromatic N) is 1. The van der Waals surface area contributed by atoms with Crippen molar-refractivity contribution in [3.05, 3.63) is 0 Å². The number of rotatable bonds is 6. The Balaban J connectivity index is 1.97. The Morgan fingerprint density at radius 1 is 1.39 bits per heavy atom. The first-order valence-electron chi connectivity index (χ1n) is 7.25. The lowest BCUT2D eigenvalue weighted by molar-refractivity contribution is -0.138. The van der Waals surface area contributed by atoms with Crippen LogP contribution in [0.4, 0.5) is 0 Å². The molecule has 1 amide bonds. The van der Waals surface area contributed by atoms with Gasteiger partial charge in [-0.3, -0.25) is 4.79 Å². The number of carbonyl (C=O) groups excluding carboxylic acids is 1. The molecule has 1 heterocycles. The number of hydrogen-bond acceptors (Lipinski definition) is 3. The quantitative estimate of drug-likeness (QED) is 0.776. The number of amides is 1. The summed E-state index contributed by atoms with van der Waals surface area (Å²) < 4.78 is 5.48. The zero-order valence-corrected chi connectivity index (χ0v) is 11.8. The van der Waals surface area contributed by atoms with E-state index in [1.807, 2.05) is 0 Å². The molecule has 2 fully saturated rings. The van der Waals surface area contributed by atoms with Crippen LogP contribution in [0, 0.1) is 11.8 Å². The molecular formula is C14H26N2O2. The van der Waals surface area contributed by atoms with Crippen LogP contribution in [-0.2, 0) is 9.53 Å². The van der Waals surface area contributed by atoms with Crippen LogP contribution in [0.3, 0.4) is 0 Å². The third-order valence-electron chi connectivity index (χ3n) is 3.92. The Morgan fingerprint density at radius 3 is 2.67 bits per heavy atom. The standard InChI is InChI=1S/C14H26N2O2/c1-4-15-13-9-18-8-12(13)14(17)16(10(2)3)7-11-5-6-11/h10-13,15H,4-9H2,1-3H3. The monoisotopic (exact) mass is 254 g/mol. The molecule has 0 spiro atoms. The van der Waals surface area contributed by atoms with Gasteiger partial charge in [-0.15, -0.1) is 0 Å². The minimum atomic E-state index is 0.00565. The summed E-state index contributed by atoms with van der Waals surface area (Å²) in [5.41, 5.74) is 0. The number of likely N-dealkylation sites (N-methyl/N-ethyl adjacent to an activating group) is 1. The molecule has 1 N–H and O–H groups in total. The topological polar surface area (TPSA) is 41.6 Å². The van der Waals surface area contributed by atoms with Gasteiger partial charge in [-0.2, -0.15) is 0 Å². The highest BCUT2D eigenvalue weighted by Crippen LogP contribution is 2.31. The lowest BCUT2D eigenvalue weighted by Gasteiger charge is -2.31. The van der Waals surface area contributed by atoms with Crippen molar-refractivity contribution in [1.29, 1.82) is 0 Å². The summed E-state index contributed by atoms with van der Waals surface area (Å²) in [7, 11) is 0. The van der Waals surface area contributed by atoms with E-state index in [1.165, 1.54) is 12.8 Å². The van der Waals surface area contributed by atoms with E-state index in [4.69, 9.17) is 4.74 Å². The van der Waals surface area contributed by atoms with Gasteiger partial charge in [-0.1, -0.05) is 6.92 Å². The van der Waals surface area contributed by atoms with Crippen molar-refractivity contribution < 1.29 is 9.53 Å². The first kappa shape index (κ1) is 13.8. The van der Waals surface area contributed by atoms with Crippen LogP contribution in [0.2, 0.25) is 0 Å². The van der Waals surface area contributed by atoms with E-state index in [0.29, 0.717) is 19.3 Å². The molecule has 2 aliphatic rings. The molecule has 4 nitrogen and oxygen atoms in total. The predicted molar refractivity (Wildman–Crippen MR) is 71.3 cm³/mol. The second kappa shape index (κ2) is 6.02. The fourth-order valence-corrected chi connectivity index (χ4v) is 2.61. The van der Waals surface area contributed by atoms with Crippen LogP contribution in [0.15, 0.2) is 0 Å². The molecule has 2 atom stereocenters. The second-order valence-corrected chi connectivity index (χ2v) is 5.84. The Morgan fingerprint density at radius 2 is 2.11 bits per heavy atom. The summed E-state index contributed by atoms with van der Waals surface area (Å²) in [5, 5.41) is 3.37. The Labute approximate surface area is 110 Å². The lowest BCUT2D eigenvalue weighted by Crippen LogP contribution is -2.48.